The van der Waals surface area contributed by atoms with Crippen molar-refractivity contribution in [3.63, 3.8) is 0 Å². The first-order valence-electron chi connectivity index (χ1n) is 7.71. The Morgan fingerprint density at radius 1 is 1.19 bits per heavy atom. The van der Waals surface area contributed by atoms with Gasteiger partial charge in [0.05, 0.1) is 16.5 Å². The van der Waals surface area contributed by atoms with Crippen LogP contribution >= 0.6 is 34.8 Å². The van der Waals surface area contributed by atoms with Crippen molar-refractivity contribution in [1.29, 1.82) is 0 Å². The summed E-state index contributed by atoms with van der Waals surface area (Å²) >= 11 is 18.2. The zero-order valence-corrected chi connectivity index (χ0v) is 16.0. The Labute approximate surface area is 168 Å². The van der Waals surface area contributed by atoms with E-state index in [2.05, 4.69) is 5.32 Å². The van der Waals surface area contributed by atoms with Crippen LogP contribution in [-0.2, 0) is 4.79 Å². The molecule has 2 unspecified atom stereocenters. The number of hydrogen-bond acceptors (Lipinski definition) is 2. The summed E-state index contributed by atoms with van der Waals surface area (Å²) in [6, 6.07) is 6.24. The van der Waals surface area contributed by atoms with E-state index in [0.29, 0.717) is 5.56 Å². The molecule has 9 heteroatoms. The standard InChI is InChI=1S/C18H12Cl3F2NO3/c1-7-4-9(6-10(15(7)23)17(26)27)24-16(25)14-13(18(14,20)21)8-2-3-12(22)11(19)5-8/h2-6,13-14H,1H3,(H,24,25)(H,26,27). The molecule has 0 aliphatic heterocycles. The van der Waals surface area contributed by atoms with Gasteiger partial charge >= 0.3 is 5.97 Å². The summed E-state index contributed by atoms with van der Waals surface area (Å²) in [7, 11) is 0. The van der Waals surface area contributed by atoms with E-state index < -0.39 is 45.2 Å². The average Bonchev–Trinajstić information content (AvgIpc) is 3.15. The fourth-order valence-electron chi connectivity index (χ4n) is 2.99. The summed E-state index contributed by atoms with van der Waals surface area (Å²) in [6.07, 6.45) is 0. The van der Waals surface area contributed by atoms with E-state index in [1.165, 1.54) is 25.1 Å². The predicted octanol–water partition coefficient (Wildman–Crippen LogP) is 5.15. The molecule has 1 aliphatic carbocycles. The summed E-state index contributed by atoms with van der Waals surface area (Å²) in [5, 5.41) is 11.4. The number of halogens is 5. The van der Waals surface area contributed by atoms with Crippen LogP contribution in [0.2, 0.25) is 5.02 Å². The molecule has 27 heavy (non-hydrogen) atoms. The van der Waals surface area contributed by atoms with E-state index >= 15 is 0 Å². The molecule has 0 saturated heterocycles. The third-order valence-electron chi connectivity index (χ3n) is 4.39. The minimum Gasteiger partial charge on any atom is -0.478 e. The Bertz CT molecular complexity index is 965. The van der Waals surface area contributed by atoms with Crippen molar-refractivity contribution < 1.29 is 23.5 Å². The SMILES string of the molecule is Cc1cc(NC(=O)C2C(c3ccc(F)c(Cl)c3)C2(Cl)Cl)cc(C(=O)O)c1F. The number of amides is 1. The summed E-state index contributed by atoms with van der Waals surface area (Å²) in [5.74, 6) is -5.02. The van der Waals surface area contributed by atoms with Gasteiger partial charge in [-0.1, -0.05) is 17.7 Å². The topological polar surface area (TPSA) is 66.4 Å². The maximum Gasteiger partial charge on any atom is 0.338 e. The molecule has 3 rings (SSSR count). The molecular weight excluding hydrogens is 423 g/mol. The fraction of sp³-hybridized carbons (Fsp3) is 0.222. The van der Waals surface area contributed by atoms with E-state index in [1.54, 1.807) is 0 Å². The minimum atomic E-state index is -1.46. The van der Waals surface area contributed by atoms with Crippen LogP contribution in [0.5, 0.6) is 0 Å². The molecule has 0 heterocycles. The van der Waals surface area contributed by atoms with Gasteiger partial charge in [-0.15, -0.1) is 23.2 Å². The van der Waals surface area contributed by atoms with Gasteiger partial charge in [0.2, 0.25) is 5.91 Å². The fourth-order valence-corrected chi connectivity index (χ4v) is 4.01. The van der Waals surface area contributed by atoms with E-state index in [9.17, 15) is 18.4 Å². The number of carbonyl (C=O) groups excluding carboxylic acids is 1. The van der Waals surface area contributed by atoms with Gasteiger partial charge < -0.3 is 10.4 Å². The van der Waals surface area contributed by atoms with Crippen LogP contribution in [0.15, 0.2) is 30.3 Å². The first-order chi connectivity index (χ1) is 12.5. The van der Waals surface area contributed by atoms with Crippen molar-refractivity contribution in [3.8, 4) is 0 Å². The number of carboxylic acid groups (broad SMARTS) is 1. The predicted molar refractivity (Wildman–Crippen MR) is 98.8 cm³/mol. The number of aryl methyl sites for hydroxylation is 1. The van der Waals surface area contributed by atoms with Crippen molar-refractivity contribution in [1.82, 2.24) is 0 Å². The van der Waals surface area contributed by atoms with Crippen molar-refractivity contribution >= 4 is 52.4 Å². The van der Waals surface area contributed by atoms with Crippen LogP contribution in [0.1, 0.15) is 27.4 Å². The lowest BCUT2D eigenvalue weighted by atomic mass is 10.1. The van der Waals surface area contributed by atoms with Gasteiger partial charge in [0.25, 0.3) is 0 Å². The molecule has 2 aromatic carbocycles. The average molecular weight is 435 g/mol. The first kappa shape index (κ1) is 19.9. The lowest BCUT2D eigenvalue weighted by Crippen LogP contribution is -2.18. The summed E-state index contributed by atoms with van der Waals surface area (Å²) < 4.78 is 25.7. The van der Waals surface area contributed by atoms with Gasteiger partial charge in [0.15, 0.2) is 0 Å². The summed E-state index contributed by atoms with van der Waals surface area (Å²) in [5.41, 5.74) is 0.0909. The van der Waals surface area contributed by atoms with E-state index in [1.807, 2.05) is 0 Å². The first-order valence-corrected chi connectivity index (χ1v) is 8.84. The van der Waals surface area contributed by atoms with Crippen molar-refractivity contribution in [2.75, 3.05) is 5.32 Å². The van der Waals surface area contributed by atoms with Crippen LogP contribution < -0.4 is 5.32 Å². The quantitative estimate of drug-likeness (QED) is 0.654. The number of nitrogens with one attached hydrogen (secondary N) is 1. The lowest BCUT2D eigenvalue weighted by Gasteiger charge is -2.09. The van der Waals surface area contributed by atoms with Crippen molar-refractivity contribution in [2.24, 2.45) is 5.92 Å². The molecule has 1 saturated carbocycles. The highest BCUT2D eigenvalue weighted by molar-refractivity contribution is 6.53. The molecule has 4 nitrogen and oxygen atoms in total. The smallest absolute Gasteiger partial charge is 0.338 e. The van der Waals surface area contributed by atoms with Gasteiger partial charge in [-0.25, -0.2) is 13.6 Å². The van der Waals surface area contributed by atoms with Gasteiger partial charge in [-0.2, -0.15) is 0 Å². The minimum absolute atomic E-state index is 0.0610. The highest BCUT2D eigenvalue weighted by atomic mass is 35.5. The van der Waals surface area contributed by atoms with E-state index in [0.717, 1.165) is 12.1 Å². The van der Waals surface area contributed by atoms with E-state index in [-0.39, 0.29) is 16.3 Å². The largest absolute Gasteiger partial charge is 0.478 e. The Morgan fingerprint density at radius 3 is 2.44 bits per heavy atom. The highest BCUT2D eigenvalue weighted by Crippen LogP contribution is 2.65. The molecule has 0 aromatic heterocycles. The van der Waals surface area contributed by atoms with Gasteiger partial charge in [0.1, 0.15) is 16.0 Å². The zero-order valence-electron chi connectivity index (χ0n) is 13.7. The lowest BCUT2D eigenvalue weighted by molar-refractivity contribution is -0.117. The molecule has 0 radical (unpaired) electrons. The Morgan fingerprint density at radius 2 is 1.85 bits per heavy atom. The molecule has 0 spiro atoms. The highest BCUT2D eigenvalue weighted by Gasteiger charge is 2.67. The van der Waals surface area contributed by atoms with Crippen molar-refractivity contribution in [3.05, 3.63) is 63.7 Å². The van der Waals surface area contributed by atoms with Gasteiger partial charge in [0, 0.05) is 11.6 Å². The van der Waals surface area contributed by atoms with Crippen molar-refractivity contribution in [2.45, 2.75) is 17.2 Å². The number of rotatable bonds is 4. The number of benzene rings is 2. The molecule has 2 aromatic rings. The summed E-state index contributed by atoms with van der Waals surface area (Å²) in [6.45, 7) is 1.38. The van der Waals surface area contributed by atoms with Crippen LogP contribution in [0, 0.1) is 24.5 Å². The molecule has 1 aliphatic rings. The molecule has 2 N–H and O–H groups in total. The second kappa shape index (κ2) is 6.93. The third kappa shape index (κ3) is 3.61. The molecule has 1 amide bonds. The van der Waals surface area contributed by atoms with Crippen LogP contribution in [0.4, 0.5) is 14.5 Å². The molecule has 0 bridgehead atoms. The van der Waals surface area contributed by atoms with Crippen LogP contribution in [-0.4, -0.2) is 21.3 Å². The number of carbonyl (C=O) groups is 2. The number of alkyl halides is 2. The second-order valence-corrected chi connectivity index (χ2v) is 8.10. The van der Waals surface area contributed by atoms with Gasteiger partial charge in [-0.05, 0) is 42.3 Å². The third-order valence-corrected chi connectivity index (χ3v) is 5.62. The van der Waals surface area contributed by atoms with Crippen LogP contribution in [0.25, 0.3) is 0 Å². The normalized spacial score (nSPS) is 20.2. The maximum absolute atomic E-state index is 13.8. The molecule has 2 atom stereocenters. The monoisotopic (exact) mass is 433 g/mol. The zero-order chi connectivity index (χ0) is 20.1. The number of aromatic carboxylic acids is 1. The Kier molecular flexibility index (Phi) is 5.10. The molecular formula is C18H12Cl3F2NO3. The van der Waals surface area contributed by atoms with Gasteiger partial charge in [-0.3, -0.25) is 4.79 Å². The molecule has 142 valence electrons. The Balaban J connectivity index is 1.84. The van der Waals surface area contributed by atoms with Crippen LogP contribution in [0.3, 0.4) is 0 Å². The number of anilines is 1. The second-order valence-electron chi connectivity index (χ2n) is 6.25. The summed E-state index contributed by atoms with van der Waals surface area (Å²) in [4.78, 5) is 23.7. The molecule has 1 fully saturated rings. The number of carboxylic acids is 1. The maximum atomic E-state index is 13.8. The number of hydrogen-bond donors (Lipinski definition) is 2. The Hall–Kier alpha value is -1.89. The van der Waals surface area contributed by atoms with E-state index in [4.69, 9.17) is 39.9 Å².